The molecule has 5 heteroatoms. The van der Waals surface area contributed by atoms with E-state index in [1.807, 2.05) is 6.07 Å². The predicted molar refractivity (Wildman–Crippen MR) is 70.6 cm³/mol. The Hall–Kier alpha value is -2.87. The molecule has 0 unspecified atom stereocenters. The molecule has 0 saturated heterocycles. The summed E-state index contributed by atoms with van der Waals surface area (Å²) >= 11 is 0. The Kier molecular flexibility index (Phi) is 3.21. The first-order valence-corrected chi connectivity index (χ1v) is 5.26. The summed E-state index contributed by atoms with van der Waals surface area (Å²) in [6, 6.07) is 13.9. The van der Waals surface area contributed by atoms with Gasteiger partial charge in [0, 0.05) is 11.4 Å². The Labute approximate surface area is 104 Å². The molecule has 2 aromatic carbocycles. The molecule has 0 aromatic heterocycles. The molecule has 0 atom stereocenters. The third-order valence-electron chi connectivity index (χ3n) is 2.31. The summed E-state index contributed by atoms with van der Waals surface area (Å²) in [5.74, 6) is 0. The Balaban J connectivity index is 2.29. The normalized spacial score (nSPS) is 10.4. The van der Waals surface area contributed by atoms with Gasteiger partial charge in [-0.25, -0.2) is 0 Å². The number of hydrogen-bond donors (Lipinski definition) is 2. The molecule has 0 radical (unpaired) electrons. The summed E-state index contributed by atoms with van der Waals surface area (Å²) in [6.07, 6.45) is 0. The van der Waals surface area contributed by atoms with Crippen LogP contribution in [0.2, 0.25) is 0 Å². The summed E-state index contributed by atoms with van der Waals surface area (Å²) in [5, 5.41) is 17.0. The molecule has 0 bridgehead atoms. The number of nitriles is 1. The highest BCUT2D eigenvalue weighted by Gasteiger charge is 2.01. The second-order valence-corrected chi connectivity index (χ2v) is 3.68. The SMILES string of the molecule is N#Cc1cc(N)ccc1N=Nc1ccc(N)cc1. The summed E-state index contributed by atoms with van der Waals surface area (Å²) in [6.45, 7) is 0. The lowest BCUT2D eigenvalue weighted by Crippen LogP contribution is -1.85. The summed E-state index contributed by atoms with van der Waals surface area (Å²) in [5.41, 5.74) is 13.9. The number of nitrogen functional groups attached to an aromatic ring is 2. The van der Waals surface area contributed by atoms with Gasteiger partial charge < -0.3 is 11.5 Å². The first kappa shape index (κ1) is 11.6. The van der Waals surface area contributed by atoms with Gasteiger partial charge in [0.25, 0.3) is 0 Å². The van der Waals surface area contributed by atoms with Crippen LogP contribution in [0.4, 0.5) is 22.7 Å². The van der Waals surface area contributed by atoms with Gasteiger partial charge in [-0.05, 0) is 42.5 Å². The average Bonchev–Trinajstić information content (AvgIpc) is 2.39. The second-order valence-electron chi connectivity index (χ2n) is 3.68. The maximum absolute atomic E-state index is 8.95. The van der Waals surface area contributed by atoms with E-state index in [-0.39, 0.29) is 0 Å². The van der Waals surface area contributed by atoms with Gasteiger partial charge >= 0.3 is 0 Å². The zero-order valence-corrected chi connectivity index (χ0v) is 9.54. The van der Waals surface area contributed by atoms with E-state index >= 15 is 0 Å². The van der Waals surface area contributed by atoms with Crippen LogP contribution in [0.1, 0.15) is 5.56 Å². The Morgan fingerprint density at radius 3 is 2.22 bits per heavy atom. The number of anilines is 2. The van der Waals surface area contributed by atoms with Crippen LogP contribution in [0.15, 0.2) is 52.7 Å². The minimum Gasteiger partial charge on any atom is -0.399 e. The van der Waals surface area contributed by atoms with Gasteiger partial charge in [0.05, 0.1) is 11.3 Å². The molecular weight excluding hydrogens is 226 g/mol. The van der Waals surface area contributed by atoms with Crippen molar-refractivity contribution in [1.82, 2.24) is 0 Å². The second kappa shape index (κ2) is 4.97. The number of rotatable bonds is 2. The third-order valence-corrected chi connectivity index (χ3v) is 2.31. The van der Waals surface area contributed by atoms with Gasteiger partial charge in [-0.15, -0.1) is 5.11 Å². The maximum Gasteiger partial charge on any atom is 0.104 e. The largest absolute Gasteiger partial charge is 0.399 e. The number of azo groups is 1. The summed E-state index contributed by atoms with van der Waals surface area (Å²) in [4.78, 5) is 0. The topological polar surface area (TPSA) is 101 Å². The van der Waals surface area contributed by atoms with Gasteiger partial charge in [-0.1, -0.05) is 0 Å². The van der Waals surface area contributed by atoms with Crippen molar-refractivity contribution in [2.75, 3.05) is 11.5 Å². The average molecular weight is 237 g/mol. The fraction of sp³-hybridized carbons (Fsp3) is 0. The zero-order valence-electron chi connectivity index (χ0n) is 9.54. The van der Waals surface area contributed by atoms with E-state index in [0.29, 0.717) is 28.3 Å². The van der Waals surface area contributed by atoms with Crippen molar-refractivity contribution >= 4 is 22.7 Å². The van der Waals surface area contributed by atoms with Gasteiger partial charge in [-0.3, -0.25) is 0 Å². The standard InChI is InChI=1S/C13H11N5/c14-8-9-7-11(16)3-6-13(9)18-17-12-4-1-10(15)2-5-12/h1-7H,15-16H2. The molecule has 5 nitrogen and oxygen atoms in total. The van der Waals surface area contributed by atoms with E-state index < -0.39 is 0 Å². The predicted octanol–water partition coefficient (Wildman–Crippen LogP) is 3.14. The van der Waals surface area contributed by atoms with Crippen molar-refractivity contribution < 1.29 is 0 Å². The highest BCUT2D eigenvalue weighted by molar-refractivity contribution is 5.60. The molecule has 4 N–H and O–H groups in total. The summed E-state index contributed by atoms with van der Waals surface area (Å²) < 4.78 is 0. The first-order valence-electron chi connectivity index (χ1n) is 5.26. The van der Waals surface area contributed by atoms with Crippen LogP contribution >= 0.6 is 0 Å². The Morgan fingerprint density at radius 2 is 1.56 bits per heavy atom. The van der Waals surface area contributed by atoms with Crippen molar-refractivity contribution in [2.45, 2.75) is 0 Å². The van der Waals surface area contributed by atoms with E-state index in [4.69, 9.17) is 16.7 Å². The zero-order chi connectivity index (χ0) is 13.0. The van der Waals surface area contributed by atoms with Gasteiger partial charge in [0.2, 0.25) is 0 Å². The lowest BCUT2D eigenvalue weighted by Gasteiger charge is -1.98. The number of nitrogens with zero attached hydrogens (tertiary/aromatic N) is 3. The van der Waals surface area contributed by atoms with Crippen molar-refractivity contribution in [2.24, 2.45) is 10.2 Å². The van der Waals surface area contributed by atoms with Crippen molar-refractivity contribution in [3.05, 3.63) is 48.0 Å². The number of benzene rings is 2. The molecule has 0 aliphatic carbocycles. The highest BCUT2D eigenvalue weighted by atomic mass is 15.1. The molecule has 2 rings (SSSR count). The maximum atomic E-state index is 8.95. The number of hydrogen-bond acceptors (Lipinski definition) is 5. The van der Waals surface area contributed by atoms with Crippen LogP contribution in [0.25, 0.3) is 0 Å². The fourth-order valence-electron chi connectivity index (χ4n) is 1.38. The molecule has 88 valence electrons. The Morgan fingerprint density at radius 1 is 0.889 bits per heavy atom. The van der Waals surface area contributed by atoms with Crippen LogP contribution < -0.4 is 11.5 Å². The molecule has 0 saturated carbocycles. The highest BCUT2D eigenvalue weighted by Crippen LogP contribution is 2.24. The first-order chi connectivity index (χ1) is 8.69. The van der Waals surface area contributed by atoms with Crippen LogP contribution in [0.3, 0.4) is 0 Å². The lowest BCUT2D eigenvalue weighted by molar-refractivity contribution is 1.22. The molecule has 0 spiro atoms. The fourth-order valence-corrected chi connectivity index (χ4v) is 1.38. The van der Waals surface area contributed by atoms with Crippen molar-refractivity contribution in [3.63, 3.8) is 0 Å². The lowest BCUT2D eigenvalue weighted by atomic mass is 10.2. The molecule has 2 aromatic rings. The minimum absolute atomic E-state index is 0.397. The monoisotopic (exact) mass is 237 g/mol. The number of nitrogens with two attached hydrogens (primary N) is 2. The van der Waals surface area contributed by atoms with Crippen LogP contribution in [-0.4, -0.2) is 0 Å². The quantitative estimate of drug-likeness (QED) is 0.619. The van der Waals surface area contributed by atoms with E-state index in [1.165, 1.54) is 0 Å². The molecule has 0 fully saturated rings. The van der Waals surface area contributed by atoms with Crippen molar-refractivity contribution in [1.29, 1.82) is 5.26 Å². The van der Waals surface area contributed by atoms with E-state index in [9.17, 15) is 0 Å². The van der Waals surface area contributed by atoms with E-state index in [1.54, 1.807) is 42.5 Å². The van der Waals surface area contributed by atoms with E-state index in [2.05, 4.69) is 10.2 Å². The molecule has 0 amide bonds. The van der Waals surface area contributed by atoms with Gasteiger partial charge in [0.1, 0.15) is 11.8 Å². The molecule has 0 aliphatic rings. The van der Waals surface area contributed by atoms with Crippen LogP contribution in [0, 0.1) is 11.3 Å². The third kappa shape index (κ3) is 2.62. The minimum atomic E-state index is 0.397. The molecule has 0 aliphatic heterocycles. The van der Waals surface area contributed by atoms with Gasteiger partial charge in [0.15, 0.2) is 0 Å². The van der Waals surface area contributed by atoms with Crippen molar-refractivity contribution in [3.8, 4) is 6.07 Å². The molecule has 0 heterocycles. The molecule has 18 heavy (non-hydrogen) atoms. The molecular formula is C13H11N5. The smallest absolute Gasteiger partial charge is 0.104 e. The van der Waals surface area contributed by atoms with Crippen LogP contribution in [0.5, 0.6) is 0 Å². The van der Waals surface area contributed by atoms with E-state index in [0.717, 1.165) is 0 Å². The Bertz CT molecular complexity index is 623. The summed E-state index contributed by atoms with van der Waals surface area (Å²) in [7, 11) is 0. The van der Waals surface area contributed by atoms with Crippen LogP contribution in [-0.2, 0) is 0 Å². The van der Waals surface area contributed by atoms with Gasteiger partial charge in [-0.2, -0.15) is 10.4 Å².